The number of fused-ring (bicyclic) bond motifs is 1. The maximum Gasteiger partial charge on any atom is 0.372 e. The molecule has 146 valence electrons. The lowest BCUT2D eigenvalue weighted by molar-refractivity contribution is -0.389. The van der Waals surface area contributed by atoms with Crippen LogP contribution in [0.1, 0.15) is 30.9 Å². The van der Waals surface area contributed by atoms with E-state index in [-0.39, 0.29) is 10.7 Å². The summed E-state index contributed by atoms with van der Waals surface area (Å²) in [5, 5.41) is 11.6. The molecule has 0 saturated carbocycles. The van der Waals surface area contributed by atoms with Gasteiger partial charge in [-0.25, -0.2) is 0 Å². The molecule has 0 amide bonds. The summed E-state index contributed by atoms with van der Waals surface area (Å²) >= 11 is 0. The quantitative estimate of drug-likeness (QED) is 0.500. The number of anilines is 1. The summed E-state index contributed by atoms with van der Waals surface area (Å²) in [5.41, 5.74) is 3.26. The first-order valence-corrected chi connectivity index (χ1v) is 9.70. The van der Waals surface area contributed by atoms with Crippen LogP contribution in [-0.2, 0) is 6.54 Å². The topological polar surface area (TPSA) is 66.9 Å². The number of hydrogen-bond acceptors (Lipinski definition) is 5. The van der Waals surface area contributed by atoms with Gasteiger partial charge in [0.15, 0.2) is 0 Å². The van der Waals surface area contributed by atoms with Crippen molar-refractivity contribution < 1.29 is 4.92 Å². The van der Waals surface area contributed by atoms with Gasteiger partial charge in [0, 0.05) is 38.8 Å². The second-order valence-corrected chi connectivity index (χ2v) is 7.60. The van der Waals surface area contributed by atoms with E-state index in [2.05, 4.69) is 48.0 Å². The van der Waals surface area contributed by atoms with Crippen molar-refractivity contribution in [2.75, 3.05) is 31.1 Å². The number of imidazole rings is 1. The summed E-state index contributed by atoms with van der Waals surface area (Å²) in [4.78, 5) is 20.2. The van der Waals surface area contributed by atoms with Gasteiger partial charge in [0.05, 0.1) is 6.20 Å². The number of aromatic nitrogens is 2. The van der Waals surface area contributed by atoms with Crippen LogP contribution in [0.25, 0.3) is 5.65 Å². The molecule has 0 N–H and O–H groups in total. The lowest BCUT2D eigenvalue weighted by Gasteiger charge is -2.34. The molecule has 1 saturated heterocycles. The summed E-state index contributed by atoms with van der Waals surface area (Å²) in [6, 6.07) is 14.2. The second-order valence-electron chi connectivity index (χ2n) is 7.60. The Labute approximate surface area is 164 Å². The van der Waals surface area contributed by atoms with Crippen molar-refractivity contribution in [3.63, 3.8) is 0 Å². The van der Waals surface area contributed by atoms with Crippen LogP contribution in [0.3, 0.4) is 0 Å². The van der Waals surface area contributed by atoms with E-state index in [9.17, 15) is 10.1 Å². The molecule has 1 aliphatic rings. The number of nitrogens with zero attached hydrogens (tertiary/aromatic N) is 5. The zero-order valence-electron chi connectivity index (χ0n) is 16.3. The van der Waals surface area contributed by atoms with Crippen molar-refractivity contribution >= 4 is 17.3 Å². The fraction of sp³-hybridized carbons (Fsp3) is 0.381. The second kappa shape index (κ2) is 7.59. The molecular formula is C21H25N5O2. The number of rotatable bonds is 5. The third-order valence-electron chi connectivity index (χ3n) is 5.38. The van der Waals surface area contributed by atoms with Gasteiger partial charge in [-0.15, -0.1) is 0 Å². The van der Waals surface area contributed by atoms with Crippen molar-refractivity contribution in [3.05, 3.63) is 69.9 Å². The van der Waals surface area contributed by atoms with Crippen molar-refractivity contribution in [2.45, 2.75) is 26.3 Å². The lowest BCUT2D eigenvalue weighted by atomic mass is 10.0. The first-order chi connectivity index (χ1) is 13.5. The van der Waals surface area contributed by atoms with Gasteiger partial charge in [0.25, 0.3) is 0 Å². The van der Waals surface area contributed by atoms with E-state index in [0.29, 0.717) is 17.4 Å². The van der Waals surface area contributed by atoms with Crippen LogP contribution < -0.4 is 4.90 Å². The molecule has 0 bridgehead atoms. The summed E-state index contributed by atoms with van der Waals surface area (Å²) in [7, 11) is 0. The Balaban J connectivity index is 1.45. The molecular weight excluding hydrogens is 354 g/mol. The summed E-state index contributed by atoms with van der Waals surface area (Å²) in [5.74, 6) is 1.06. The number of piperazine rings is 1. The molecule has 0 atom stereocenters. The molecule has 1 fully saturated rings. The van der Waals surface area contributed by atoms with Crippen LogP contribution >= 0.6 is 0 Å². The molecule has 4 rings (SSSR count). The van der Waals surface area contributed by atoms with E-state index < -0.39 is 0 Å². The molecule has 3 aromatic rings. The van der Waals surface area contributed by atoms with Crippen LogP contribution in [0.5, 0.6) is 0 Å². The number of hydrogen-bond donors (Lipinski definition) is 0. The Morgan fingerprint density at radius 1 is 1.07 bits per heavy atom. The van der Waals surface area contributed by atoms with Crippen LogP contribution in [0, 0.1) is 10.1 Å². The molecule has 7 heteroatoms. The first kappa shape index (κ1) is 18.4. The van der Waals surface area contributed by atoms with Gasteiger partial charge in [0.2, 0.25) is 11.5 Å². The standard InChI is InChI=1S/C21H25N5O2/c1-16(2)18-8-6-17(7-9-18)15-23-11-13-24(14-12-23)20-21(26(27)28)25-10-4-3-5-19(25)22-20/h3-10,16H,11-15H2,1-2H3. The fourth-order valence-corrected chi connectivity index (χ4v) is 3.74. The molecule has 2 aromatic heterocycles. The van der Waals surface area contributed by atoms with E-state index in [4.69, 9.17) is 0 Å². The predicted octanol–water partition coefficient (Wildman–Crippen LogP) is 3.69. The molecule has 1 aliphatic heterocycles. The summed E-state index contributed by atoms with van der Waals surface area (Å²) in [6.07, 6.45) is 1.70. The maximum atomic E-state index is 11.6. The van der Waals surface area contributed by atoms with Crippen molar-refractivity contribution in [1.29, 1.82) is 0 Å². The first-order valence-electron chi connectivity index (χ1n) is 9.70. The Bertz CT molecular complexity index is 972. The highest BCUT2D eigenvalue weighted by Crippen LogP contribution is 2.29. The highest BCUT2D eigenvalue weighted by atomic mass is 16.6. The molecule has 0 unspecified atom stereocenters. The molecule has 1 aromatic carbocycles. The van der Waals surface area contributed by atoms with Gasteiger partial charge in [-0.2, -0.15) is 9.38 Å². The van der Waals surface area contributed by atoms with E-state index in [1.165, 1.54) is 11.1 Å². The smallest absolute Gasteiger partial charge is 0.358 e. The van der Waals surface area contributed by atoms with E-state index in [1.807, 2.05) is 11.0 Å². The van der Waals surface area contributed by atoms with Gasteiger partial charge in [-0.05, 0) is 28.0 Å². The van der Waals surface area contributed by atoms with Gasteiger partial charge in [-0.3, -0.25) is 4.90 Å². The average Bonchev–Trinajstić information content (AvgIpc) is 3.09. The monoisotopic (exact) mass is 379 g/mol. The molecule has 7 nitrogen and oxygen atoms in total. The minimum Gasteiger partial charge on any atom is -0.358 e. The van der Waals surface area contributed by atoms with E-state index in [1.54, 1.807) is 22.7 Å². The van der Waals surface area contributed by atoms with Crippen molar-refractivity contribution in [3.8, 4) is 0 Å². The normalized spacial score (nSPS) is 15.5. The Hall–Kier alpha value is -2.93. The number of pyridine rings is 1. The average molecular weight is 379 g/mol. The van der Waals surface area contributed by atoms with Gasteiger partial charge >= 0.3 is 5.82 Å². The molecule has 0 aliphatic carbocycles. The summed E-state index contributed by atoms with van der Waals surface area (Å²) in [6.45, 7) is 8.48. The lowest BCUT2D eigenvalue weighted by Crippen LogP contribution is -2.46. The molecule has 28 heavy (non-hydrogen) atoms. The third kappa shape index (κ3) is 3.57. The van der Waals surface area contributed by atoms with Crippen LogP contribution in [0.2, 0.25) is 0 Å². The van der Waals surface area contributed by atoms with Crippen molar-refractivity contribution in [2.24, 2.45) is 0 Å². The van der Waals surface area contributed by atoms with Gasteiger partial charge in [-0.1, -0.05) is 44.2 Å². The zero-order chi connectivity index (χ0) is 19.7. The van der Waals surface area contributed by atoms with Crippen LogP contribution in [-0.4, -0.2) is 45.4 Å². The van der Waals surface area contributed by atoms with Crippen LogP contribution in [0.4, 0.5) is 11.6 Å². The van der Waals surface area contributed by atoms with Gasteiger partial charge < -0.3 is 15.0 Å². The Morgan fingerprint density at radius 2 is 1.79 bits per heavy atom. The third-order valence-corrected chi connectivity index (χ3v) is 5.38. The predicted molar refractivity (Wildman–Crippen MR) is 110 cm³/mol. The fourth-order valence-electron chi connectivity index (χ4n) is 3.74. The SMILES string of the molecule is CC(C)c1ccc(CN2CCN(c3nc4ccccn4c3[N+](=O)[O-])CC2)cc1. The van der Waals surface area contributed by atoms with Crippen molar-refractivity contribution in [1.82, 2.24) is 14.3 Å². The Morgan fingerprint density at radius 3 is 2.43 bits per heavy atom. The highest BCUT2D eigenvalue weighted by molar-refractivity contribution is 5.63. The maximum absolute atomic E-state index is 11.6. The van der Waals surface area contributed by atoms with E-state index >= 15 is 0 Å². The number of benzene rings is 1. The van der Waals surface area contributed by atoms with Crippen LogP contribution in [0.15, 0.2) is 48.7 Å². The zero-order valence-corrected chi connectivity index (χ0v) is 16.3. The minimum atomic E-state index is -0.335. The largest absolute Gasteiger partial charge is 0.372 e. The molecule has 3 heterocycles. The molecule has 0 radical (unpaired) electrons. The minimum absolute atomic E-state index is 0.0494. The number of nitro groups is 1. The molecule has 0 spiro atoms. The highest BCUT2D eigenvalue weighted by Gasteiger charge is 2.29. The van der Waals surface area contributed by atoms with E-state index in [0.717, 1.165) is 32.7 Å². The van der Waals surface area contributed by atoms with Gasteiger partial charge in [0.1, 0.15) is 0 Å². The Kier molecular flexibility index (Phi) is 5.00. The summed E-state index contributed by atoms with van der Waals surface area (Å²) < 4.78 is 1.55.